The summed E-state index contributed by atoms with van der Waals surface area (Å²) in [5, 5.41) is 6.48. The summed E-state index contributed by atoms with van der Waals surface area (Å²) in [5.41, 5.74) is 2.68. The monoisotopic (exact) mass is 561 g/mol. The van der Waals surface area contributed by atoms with Gasteiger partial charge in [0.2, 0.25) is 0 Å². The van der Waals surface area contributed by atoms with Gasteiger partial charge in [0.25, 0.3) is 5.56 Å². The molecule has 0 aliphatic heterocycles. The molecule has 1 amide bonds. The number of carbonyl (C=O) groups is 2. The van der Waals surface area contributed by atoms with Crippen LogP contribution in [0.2, 0.25) is 0 Å². The third-order valence-electron chi connectivity index (χ3n) is 6.02. The van der Waals surface area contributed by atoms with Crippen LogP contribution in [0.25, 0.3) is 32.5 Å². The second-order valence-electron chi connectivity index (χ2n) is 10.9. The van der Waals surface area contributed by atoms with Crippen LogP contribution < -0.4 is 10.9 Å². The summed E-state index contributed by atoms with van der Waals surface area (Å²) in [6.45, 7) is 12.1. The van der Waals surface area contributed by atoms with Crippen molar-refractivity contribution in [3.05, 3.63) is 75.7 Å². The van der Waals surface area contributed by atoms with Crippen LogP contribution in [0, 0.1) is 5.92 Å². The van der Waals surface area contributed by atoms with Crippen molar-refractivity contribution >= 4 is 34.2 Å². The van der Waals surface area contributed by atoms with E-state index in [2.05, 4.69) is 24.1 Å². The van der Waals surface area contributed by atoms with Gasteiger partial charge in [-0.05, 0) is 56.7 Å². The maximum absolute atomic E-state index is 13.9. The molecule has 2 heterocycles. The number of thiazole rings is 1. The Kier molecular flexibility index (Phi) is 8.73. The molecule has 0 aliphatic carbocycles. The van der Waals surface area contributed by atoms with Gasteiger partial charge in [-0.25, -0.2) is 14.6 Å². The van der Waals surface area contributed by atoms with E-state index in [0.29, 0.717) is 22.6 Å². The lowest BCUT2D eigenvalue weighted by atomic mass is 9.95. The van der Waals surface area contributed by atoms with E-state index in [-0.39, 0.29) is 30.3 Å². The van der Waals surface area contributed by atoms with Crippen molar-refractivity contribution < 1.29 is 19.1 Å². The Morgan fingerprint density at radius 1 is 1.05 bits per heavy atom. The molecule has 9 heteroatoms. The Balaban J connectivity index is 1.93. The number of nitrogens with one attached hydrogen (secondary N) is 1. The van der Waals surface area contributed by atoms with Gasteiger partial charge in [0.15, 0.2) is 5.69 Å². The maximum atomic E-state index is 13.9. The first-order valence-corrected chi connectivity index (χ1v) is 14.2. The highest BCUT2D eigenvalue weighted by Gasteiger charge is 2.22. The van der Waals surface area contributed by atoms with Crippen LogP contribution in [0.1, 0.15) is 57.7 Å². The fraction of sp³-hybridized carbons (Fsp3) is 0.355. The molecule has 0 aliphatic rings. The summed E-state index contributed by atoms with van der Waals surface area (Å²) >= 11 is 1.34. The summed E-state index contributed by atoms with van der Waals surface area (Å²) in [6, 6.07) is 15.4. The van der Waals surface area contributed by atoms with Crippen molar-refractivity contribution in [3.63, 3.8) is 0 Å². The molecule has 0 radical (unpaired) electrons. The number of benzene rings is 2. The van der Waals surface area contributed by atoms with Gasteiger partial charge in [-0.1, -0.05) is 50.2 Å². The van der Waals surface area contributed by atoms with Crippen molar-refractivity contribution in [2.45, 2.75) is 60.2 Å². The molecule has 0 saturated heterocycles. The lowest BCUT2D eigenvalue weighted by molar-refractivity contribution is 0.0511. The minimum atomic E-state index is -0.654. The van der Waals surface area contributed by atoms with E-state index in [1.54, 1.807) is 37.6 Å². The van der Waals surface area contributed by atoms with Crippen LogP contribution >= 0.6 is 11.3 Å². The number of aromatic nitrogens is 2. The number of amides is 1. The number of hydrogen-bond donors (Lipinski definition) is 1. The maximum Gasteiger partial charge on any atom is 0.407 e. The summed E-state index contributed by atoms with van der Waals surface area (Å²) in [4.78, 5) is 43.2. The highest BCUT2D eigenvalue weighted by Crippen LogP contribution is 2.35. The first-order valence-electron chi connectivity index (χ1n) is 13.3. The smallest absolute Gasteiger partial charge is 0.407 e. The number of carbonyl (C=O) groups excluding carboxylic acids is 2. The largest absolute Gasteiger partial charge is 0.461 e. The van der Waals surface area contributed by atoms with E-state index in [1.165, 1.54) is 11.3 Å². The van der Waals surface area contributed by atoms with Crippen LogP contribution in [0.3, 0.4) is 0 Å². The first kappa shape index (κ1) is 29.0. The summed E-state index contributed by atoms with van der Waals surface area (Å²) in [6.07, 6.45) is -0.557. The van der Waals surface area contributed by atoms with Gasteiger partial charge in [0, 0.05) is 34.1 Å². The van der Waals surface area contributed by atoms with Crippen LogP contribution in [0.15, 0.2) is 58.7 Å². The third kappa shape index (κ3) is 6.59. The Hall–Kier alpha value is -3.98. The van der Waals surface area contributed by atoms with Crippen molar-refractivity contribution in [3.8, 4) is 21.7 Å². The molecule has 0 spiro atoms. The van der Waals surface area contributed by atoms with Gasteiger partial charge >= 0.3 is 12.1 Å². The van der Waals surface area contributed by atoms with Crippen LogP contribution in [0.5, 0.6) is 0 Å². The predicted octanol–water partition coefficient (Wildman–Crippen LogP) is 6.65. The first-order chi connectivity index (χ1) is 19.0. The Labute approximate surface area is 238 Å². The van der Waals surface area contributed by atoms with E-state index in [0.717, 1.165) is 22.1 Å². The molecular weight excluding hydrogens is 526 g/mol. The van der Waals surface area contributed by atoms with Gasteiger partial charge in [-0.3, -0.25) is 4.79 Å². The van der Waals surface area contributed by atoms with E-state index < -0.39 is 17.7 Å². The molecule has 8 nitrogen and oxygen atoms in total. The molecular formula is C31H35N3O5S. The molecule has 4 aromatic rings. The topological polar surface area (TPSA) is 99.5 Å². The number of fused-ring (bicyclic) bond motifs is 1. The summed E-state index contributed by atoms with van der Waals surface area (Å²) < 4.78 is 12.3. The molecule has 0 unspecified atom stereocenters. The van der Waals surface area contributed by atoms with Gasteiger partial charge in [-0.2, -0.15) is 0 Å². The lowest BCUT2D eigenvalue weighted by Gasteiger charge is -2.23. The standard InChI is InChI=1S/C31H35N3O5S/c1-7-38-29(36)24-18-40-27(33-24)21-13-14-22-23(15-21)26(20-11-9-8-10-12-20)25(34(28(22)35)17-19(2)3)16-32-30(37)39-31(4,5)6/h8-15,18-19H,7,16-17H2,1-6H3,(H,32,37). The number of hydrogen-bond acceptors (Lipinski definition) is 7. The number of alkyl carbamates (subject to hydrolysis) is 1. The van der Waals surface area contributed by atoms with Gasteiger partial charge in [-0.15, -0.1) is 11.3 Å². The molecule has 40 heavy (non-hydrogen) atoms. The van der Waals surface area contributed by atoms with Crippen molar-refractivity contribution in [1.82, 2.24) is 14.9 Å². The molecule has 1 N–H and O–H groups in total. The summed E-state index contributed by atoms with van der Waals surface area (Å²) in [7, 11) is 0. The molecule has 210 valence electrons. The fourth-order valence-electron chi connectivity index (χ4n) is 4.47. The van der Waals surface area contributed by atoms with Crippen LogP contribution in [-0.2, 0) is 22.6 Å². The van der Waals surface area contributed by atoms with E-state index in [9.17, 15) is 14.4 Å². The van der Waals surface area contributed by atoms with E-state index in [1.807, 2.05) is 48.5 Å². The number of nitrogens with zero attached hydrogens (tertiary/aromatic N) is 2. The second-order valence-corrected chi connectivity index (χ2v) is 11.7. The zero-order chi connectivity index (χ0) is 29.0. The van der Waals surface area contributed by atoms with Crippen LogP contribution in [0.4, 0.5) is 4.79 Å². The normalized spacial score (nSPS) is 11.6. The molecule has 0 atom stereocenters. The highest BCUT2D eigenvalue weighted by atomic mass is 32.1. The highest BCUT2D eigenvalue weighted by molar-refractivity contribution is 7.13. The minimum absolute atomic E-state index is 0.103. The Bertz CT molecular complexity index is 1580. The van der Waals surface area contributed by atoms with Gasteiger partial charge < -0.3 is 19.4 Å². The molecule has 0 bridgehead atoms. The number of pyridine rings is 1. The second kappa shape index (κ2) is 12.0. The van der Waals surface area contributed by atoms with E-state index in [4.69, 9.17) is 9.47 Å². The van der Waals surface area contributed by atoms with Crippen molar-refractivity contribution in [2.75, 3.05) is 6.61 Å². The zero-order valence-electron chi connectivity index (χ0n) is 23.7. The molecule has 4 rings (SSSR count). The summed E-state index contributed by atoms with van der Waals surface area (Å²) in [5.74, 6) is -0.280. The Morgan fingerprint density at radius 2 is 1.77 bits per heavy atom. The number of ether oxygens (including phenoxy) is 2. The minimum Gasteiger partial charge on any atom is -0.461 e. The predicted molar refractivity (Wildman–Crippen MR) is 159 cm³/mol. The van der Waals surface area contributed by atoms with Gasteiger partial charge in [0.1, 0.15) is 10.6 Å². The average molecular weight is 562 g/mol. The SMILES string of the molecule is CCOC(=O)c1csc(-c2ccc3c(=O)n(CC(C)C)c(CNC(=O)OC(C)(C)C)c(-c4ccccc4)c3c2)n1. The number of rotatable bonds is 8. The van der Waals surface area contributed by atoms with Crippen molar-refractivity contribution in [1.29, 1.82) is 0 Å². The van der Waals surface area contributed by atoms with Crippen molar-refractivity contribution in [2.24, 2.45) is 5.92 Å². The molecule has 0 saturated carbocycles. The average Bonchev–Trinajstić information content (AvgIpc) is 3.39. The quantitative estimate of drug-likeness (QED) is 0.242. The van der Waals surface area contributed by atoms with Gasteiger partial charge in [0.05, 0.1) is 13.2 Å². The fourth-order valence-corrected chi connectivity index (χ4v) is 5.26. The molecule has 2 aromatic heterocycles. The molecule has 2 aromatic carbocycles. The Morgan fingerprint density at radius 3 is 2.42 bits per heavy atom. The van der Waals surface area contributed by atoms with Crippen LogP contribution in [-0.4, -0.2) is 33.8 Å². The molecule has 0 fully saturated rings. The third-order valence-corrected chi connectivity index (χ3v) is 6.92. The van der Waals surface area contributed by atoms with E-state index >= 15 is 0 Å². The lowest BCUT2D eigenvalue weighted by Crippen LogP contribution is -2.35. The number of esters is 1. The zero-order valence-corrected chi connectivity index (χ0v) is 24.6.